The van der Waals surface area contributed by atoms with Gasteiger partial charge in [-0.25, -0.2) is 4.98 Å². The zero-order valence-electron chi connectivity index (χ0n) is 14.1. The Morgan fingerprint density at radius 1 is 1.29 bits per heavy atom. The molecule has 2 atom stereocenters. The first kappa shape index (κ1) is 17.8. The summed E-state index contributed by atoms with van der Waals surface area (Å²) in [7, 11) is -3.51. The first-order valence-corrected chi connectivity index (χ1v) is 10.7. The minimum absolute atomic E-state index is 0.0662. The van der Waals surface area contributed by atoms with Gasteiger partial charge in [-0.15, -0.1) is 11.3 Å². The monoisotopic (exact) mass is 372 g/mol. The number of carbonyl (C=O) groups is 1. The van der Waals surface area contributed by atoms with Crippen molar-refractivity contribution < 1.29 is 13.2 Å². The van der Waals surface area contributed by atoms with Gasteiger partial charge in [-0.05, 0) is 12.8 Å². The van der Waals surface area contributed by atoms with Crippen LogP contribution in [0.3, 0.4) is 0 Å². The molecule has 3 aliphatic rings. The topological polar surface area (TPSA) is 73.8 Å². The molecule has 24 heavy (non-hydrogen) atoms. The molecule has 7 nitrogen and oxygen atoms in total. The number of fused-ring (bicyclic) bond motifs is 4. The van der Waals surface area contributed by atoms with Crippen molar-refractivity contribution in [2.45, 2.75) is 39.3 Å². The second-order valence-corrected chi connectivity index (χ2v) is 8.93. The Labute approximate surface area is 147 Å². The van der Waals surface area contributed by atoms with Crippen LogP contribution in [0.4, 0.5) is 0 Å². The van der Waals surface area contributed by atoms with Gasteiger partial charge >= 0.3 is 0 Å². The molecule has 3 fully saturated rings. The summed E-state index contributed by atoms with van der Waals surface area (Å²) in [5.74, 6) is -0.177. The molecule has 0 spiro atoms. The lowest BCUT2D eigenvalue weighted by Crippen LogP contribution is -2.48. The van der Waals surface area contributed by atoms with Crippen LogP contribution in [0.2, 0.25) is 0 Å². The number of hydrogen-bond acceptors (Lipinski definition) is 5. The van der Waals surface area contributed by atoms with Crippen molar-refractivity contribution in [3.8, 4) is 0 Å². The van der Waals surface area contributed by atoms with Crippen LogP contribution in [-0.4, -0.2) is 65.0 Å². The van der Waals surface area contributed by atoms with E-state index in [1.165, 1.54) is 19.9 Å². The van der Waals surface area contributed by atoms with E-state index >= 15 is 0 Å². The predicted molar refractivity (Wildman–Crippen MR) is 92.6 cm³/mol. The number of amides is 1. The predicted octanol–water partition coefficient (Wildman–Crippen LogP) is 1.15. The first-order valence-electron chi connectivity index (χ1n) is 8.40. The van der Waals surface area contributed by atoms with E-state index < -0.39 is 10.2 Å². The van der Waals surface area contributed by atoms with Gasteiger partial charge in [0.25, 0.3) is 10.2 Å². The number of piperidine rings is 1. The highest BCUT2D eigenvalue weighted by atomic mass is 32.2. The van der Waals surface area contributed by atoms with E-state index in [1.54, 1.807) is 5.51 Å². The summed E-state index contributed by atoms with van der Waals surface area (Å²) >= 11 is 1.51. The number of aromatic nitrogens is 1. The second kappa shape index (κ2) is 7.07. The Morgan fingerprint density at radius 3 is 2.67 bits per heavy atom. The average Bonchev–Trinajstić information content (AvgIpc) is 2.91. The molecule has 0 radical (unpaired) electrons. The van der Waals surface area contributed by atoms with Crippen LogP contribution in [0.5, 0.6) is 0 Å². The smallest absolute Gasteiger partial charge is 0.282 e. The number of hydrogen-bond donors (Lipinski definition) is 0. The van der Waals surface area contributed by atoms with E-state index in [0.717, 1.165) is 18.5 Å². The van der Waals surface area contributed by atoms with Gasteiger partial charge in [0.1, 0.15) is 0 Å². The molecule has 134 valence electrons. The Hall–Kier alpha value is -1.03. The molecule has 4 heterocycles. The molecule has 1 amide bonds. The van der Waals surface area contributed by atoms with E-state index in [9.17, 15) is 13.2 Å². The van der Waals surface area contributed by atoms with Gasteiger partial charge in [-0.1, -0.05) is 13.8 Å². The zero-order valence-corrected chi connectivity index (χ0v) is 15.7. The molecule has 0 N–H and O–H groups in total. The maximum atomic E-state index is 12.9. The molecule has 2 bridgehead atoms. The van der Waals surface area contributed by atoms with Crippen molar-refractivity contribution in [1.82, 2.24) is 18.5 Å². The molecule has 1 aromatic rings. The summed E-state index contributed by atoms with van der Waals surface area (Å²) in [5, 5.41) is 1.94. The number of carbonyl (C=O) groups excluding carboxylic acids is 1. The van der Waals surface area contributed by atoms with Gasteiger partial charge in [0.2, 0.25) is 5.91 Å². The number of thiazole rings is 1. The van der Waals surface area contributed by atoms with E-state index in [4.69, 9.17) is 0 Å². The van der Waals surface area contributed by atoms with Gasteiger partial charge in [-0.3, -0.25) is 4.79 Å². The Bertz CT molecular complexity index is 673. The number of rotatable bonds is 6. The third-order valence-electron chi connectivity index (χ3n) is 4.93. The molecule has 3 saturated heterocycles. The van der Waals surface area contributed by atoms with Crippen LogP contribution in [0.15, 0.2) is 10.9 Å². The molecule has 3 aliphatic heterocycles. The zero-order chi connectivity index (χ0) is 17.3. The van der Waals surface area contributed by atoms with Crippen molar-refractivity contribution in [1.29, 1.82) is 0 Å². The van der Waals surface area contributed by atoms with E-state index in [0.29, 0.717) is 32.7 Å². The van der Waals surface area contributed by atoms with Gasteiger partial charge < -0.3 is 4.90 Å². The van der Waals surface area contributed by atoms with Gasteiger partial charge in [0.15, 0.2) is 0 Å². The van der Waals surface area contributed by atoms with Crippen LogP contribution in [0, 0.1) is 5.92 Å². The summed E-state index contributed by atoms with van der Waals surface area (Å²) in [6.07, 6.45) is 1.62. The molecule has 1 aromatic heterocycles. The largest absolute Gasteiger partial charge is 0.332 e. The van der Waals surface area contributed by atoms with Crippen LogP contribution in [-0.2, 0) is 21.5 Å². The van der Waals surface area contributed by atoms with Crippen molar-refractivity contribution >= 4 is 27.5 Å². The Morgan fingerprint density at radius 2 is 2.04 bits per heavy atom. The molecule has 9 heteroatoms. The minimum Gasteiger partial charge on any atom is -0.332 e. The quantitative estimate of drug-likeness (QED) is 0.751. The lowest BCUT2D eigenvalue weighted by Gasteiger charge is -2.35. The summed E-state index contributed by atoms with van der Waals surface area (Å²) in [6.45, 7) is 5.72. The fraction of sp³-hybridized carbons (Fsp3) is 0.733. The van der Waals surface area contributed by atoms with Crippen LogP contribution >= 0.6 is 11.3 Å². The fourth-order valence-electron chi connectivity index (χ4n) is 3.60. The highest BCUT2D eigenvalue weighted by molar-refractivity contribution is 7.86. The van der Waals surface area contributed by atoms with Crippen LogP contribution in [0.1, 0.15) is 32.4 Å². The normalized spacial score (nSPS) is 25.5. The maximum Gasteiger partial charge on any atom is 0.282 e. The fourth-order valence-corrected chi connectivity index (χ4v) is 5.86. The molecular formula is C15H24N4O3S2. The molecule has 0 aromatic carbocycles. The van der Waals surface area contributed by atoms with Crippen molar-refractivity contribution in [3.63, 3.8) is 0 Å². The molecule has 4 rings (SSSR count). The van der Waals surface area contributed by atoms with Gasteiger partial charge in [0.05, 0.1) is 23.7 Å². The highest BCUT2D eigenvalue weighted by Crippen LogP contribution is 2.32. The van der Waals surface area contributed by atoms with Crippen molar-refractivity contribution in [2.75, 3.05) is 26.2 Å². The minimum atomic E-state index is -3.51. The summed E-state index contributed by atoms with van der Waals surface area (Å²) in [6, 6.07) is -0.0664. The standard InChI is InChI=1S/C15H24N4O3S2/c1-3-17(4-2)24(21,22)18-7-12-5-6-14(9-18)19(15(12)20)8-13-10-23-11-16-13/h10-12,14H,3-9H2,1-2H3/t12-,14+/m1/s1. The van der Waals surface area contributed by atoms with E-state index in [-0.39, 0.29) is 17.9 Å². The third-order valence-corrected chi connectivity index (χ3v) is 7.69. The average molecular weight is 373 g/mol. The van der Waals surface area contributed by atoms with Crippen molar-refractivity contribution in [2.24, 2.45) is 5.92 Å². The van der Waals surface area contributed by atoms with E-state index in [2.05, 4.69) is 4.98 Å². The molecular weight excluding hydrogens is 348 g/mol. The summed E-state index contributed by atoms with van der Waals surface area (Å²) < 4.78 is 28.7. The lowest BCUT2D eigenvalue weighted by atomic mass is 9.94. The number of nitrogens with zero attached hydrogens (tertiary/aromatic N) is 4. The first-order chi connectivity index (χ1) is 11.5. The van der Waals surface area contributed by atoms with Crippen LogP contribution < -0.4 is 0 Å². The second-order valence-electron chi connectivity index (χ2n) is 6.28. The van der Waals surface area contributed by atoms with Crippen LogP contribution in [0.25, 0.3) is 0 Å². The molecule has 0 saturated carbocycles. The maximum absolute atomic E-state index is 12.9. The SMILES string of the molecule is CCN(CC)S(=O)(=O)N1C[C@H]2CC[C@@H](C1)N(Cc1cscn1)C2=O. The van der Waals surface area contributed by atoms with Gasteiger partial charge in [0, 0.05) is 37.6 Å². The summed E-state index contributed by atoms with van der Waals surface area (Å²) in [4.78, 5) is 18.9. The molecule has 0 aliphatic carbocycles. The molecule has 0 unspecified atom stereocenters. The van der Waals surface area contributed by atoms with Crippen molar-refractivity contribution in [3.05, 3.63) is 16.6 Å². The lowest BCUT2D eigenvalue weighted by molar-refractivity contribution is -0.140. The summed E-state index contributed by atoms with van der Waals surface area (Å²) in [5.41, 5.74) is 2.63. The Balaban J connectivity index is 1.83. The Kier molecular flexibility index (Phi) is 5.24. The highest BCUT2D eigenvalue weighted by Gasteiger charge is 2.44. The third kappa shape index (κ3) is 3.22. The van der Waals surface area contributed by atoms with Gasteiger partial charge in [-0.2, -0.15) is 17.0 Å². The van der Waals surface area contributed by atoms with E-state index in [1.807, 2.05) is 24.1 Å².